The molecule has 148 valence electrons. The summed E-state index contributed by atoms with van der Waals surface area (Å²) in [6.07, 6.45) is 2.98. The summed E-state index contributed by atoms with van der Waals surface area (Å²) in [5.74, 6) is 0.650. The number of benzene rings is 2. The Labute approximate surface area is 174 Å². The van der Waals surface area contributed by atoms with Crippen molar-refractivity contribution in [2.24, 2.45) is 0 Å². The molecular formula is C24H24N2O2S. The van der Waals surface area contributed by atoms with Crippen LogP contribution in [-0.2, 0) is 11.2 Å². The Morgan fingerprint density at radius 3 is 2.62 bits per heavy atom. The molecule has 29 heavy (non-hydrogen) atoms. The molecule has 1 unspecified atom stereocenters. The van der Waals surface area contributed by atoms with Gasteiger partial charge in [-0.25, -0.2) is 0 Å². The van der Waals surface area contributed by atoms with Gasteiger partial charge in [0.1, 0.15) is 5.75 Å². The van der Waals surface area contributed by atoms with Crippen LogP contribution in [0.3, 0.4) is 0 Å². The molecule has 1 N–H and O–H groups in total. The first kappa shape index (κ1) is 19.3. The highest BCUT2D eigenvalue weighted by molar-refractivity contribution is 7.10. The summed E-state index contributed by atoms with van der Waals surface area (Å²) in [7, 11) is 1.85. The highest BCUT2D eigenvalue weighted by Crippen LogP contribution is 2.35. The normalized spacial score (nSPS) is 12.1. The number of H-pyrrole nitrogens is 1. The number of nitrogens with one attached hydrogen (secondary N) is 1. The lowest BCUT2D eigenvalue weighted by atomic mass is 10.0. The fraction of sp³-hybridized carbons (Fsp3) is 0.208. The molecule has 4 nitrogen and oxygen atoms in total. The summed E-state index contributed by atoms with van der Waals surface area (Å²) in [4.78, 5) is 19.2. The summed E-state index contributed by atoms with van der Waals surface area (Å²) in [6, 6.07) is 20.0. The van der Waals surface area contributed by atoms with Crippen LogP contribution in [0.25, 0.3) is 10.9 Å². The highest BCUT2D eigenvalue weighted by atomic mass is 32.1. The Hall–Kier alpha value is -3.05. The van der Waals surface area contributed by atoms with Crippen molar-refractivity contribution >= 4 is 28.1 Å². The third-order valence-corrected chi connectivity index (χ3v) is 6.13. The second kappa shape index (κ2) is 8.53. The predicted molar refractivity (Wildman–Crippen MR) is 119 cm³/mol. The average molecular weight is 405 g/mol. The van der Waals surface area contributed by atoms with Gasteiger partial charge in [-0.2, -0.15) is 0 Å². The van der Waals surface area contributed by atoms with Gasteiger partial charge in [0.15, 0.2) is 6.61 Å². The van der Waals surface area contributed by atoms with E-state index >= 15 is 0 Å². The number of para-hydroxylation sites is 1. The van der Waals surface area contributed by atoms with Crippen LogP contribution in [0.5, 0.6) is 5.75 Å². The number of thiophene rings is 1. The van der Waals surface area contributed by atoms with Gasteiger partial charge in [-0.15, -0.1) is 11.3 Å². The van der Waals surface area contributed by atoms with E-state index in [2.05, 4.69) is 30.1 Å². The van der Waals surface area contributed by atoms with Crippen LogP contribution >= 0.6 is 11.3 Å². The first-order valence-electron chi connectivity index (χ1n) is 9.74. The molecule has 0 aliphatic rings. The monoisotopic (exact) mass is 404 g/mol. The van der Waals surface area contributed by atoms with E-state index in [0.29, 0.717) is 5.75 Å². The van der Waals surface area contributed by atoms with Gasteiger partial charge < -0.3 is 14.6 Å². The van der Waals surface area contributed by atoms with Gasteiger partial charge in [0, 0.05) is 34.6 Å². The van der Waals surface area contributed by atoms with E-state index in [4.69, 9.17) is 4.74 Å². The molecule has 4 rings (SSSR count). The Kier molecular flexibility index (Phi) is 5.67. The zero-order chi connectivity index (χ0) is 20.2. The van der Waals surface area contributed by atoms with Crippen molar-refractivity contribution in [3.63, 3.8) is 0 Å². The van der Waals surface area contributed by atoms with E-state index in [1.165, 1.54) is 5.56 Å². The topological polar surface area (TPSA) is 45.3 Å². The fourth-order valence-electron chi connectivity index (χ4n) is 3.53. The zero-order valence-electron chi connectivity index (χ0n) is 16.6. The maximum Gasteiger partial charge on any atom is 0.261 e. The van der Waals surface area contributed by atoms with Crippen molar-refractivity contribution < 1.29 is 9.53 Å². The molecule has 2 heterocycles. The number of carbonyl (C=O) groups is 1. The van der Waals surface area contributed by atoms with Crippen LogP contribution in [0.1, 0.15) is 29.0 Å². The minimum atomic E-state index is -0.162. The minimum absolute atomic E-state index is 0.00615. The molecule has 0 spiro atoms. The number of rotatable bonds is 7. The number of aromatic nitrogens is 1. The second-order valence-corrected chi connectivity index (χ2v) is 7.98. The van der Waals surface area contributed by atoms with Crippen molar-refractivity contribution in [3.8, 4) is 5.75 Å². The number of aryl methyl sites for hydroxylation is 1. The fourth-order valence-corrected chi connectivity index (χ4v) is 4.42. The molecule has 5 heteroatoms. The Bertz CT molecular complexity index is 1080. The largest absolute Gasteiger partial charge is 0.484 e. The average Bonchev–Trinajstić information content (AvgIpc) is 3.43. The molecule has 2 aromatic carbocycles. The van der Waals surface area contributed by atoms with E-state index in [-0.39, 0.29) is 18.6 Å². The van der Waals surface area contributed by atoms with Crippen molar-refractivity contribution in [1.29, 1.82) is 0 Å². The summed E-state index contributed by atoms with van der Waals surface area (Å²) in [6.45, 7) is 2.12. The lowest BCUT2D eigenvalue weighted by molar-refractivity contribution is -0.133. The zero-order valence-corrected chi connectivity index (χ0v) is 17.4. The molecule has 0 radical (unpaired) electrons. The van der Waals surface area contributed by atoms with Crippen molar-refractivity contribution in [1.82, 2.24) is 9.88 Å². The smallest absolute Gasteiger partial charge is 0.261 e. The van der Waals surface area contributed by atoms with E-state index in [1.807, 2.05) is 61.1 Å². The lowest BCUT2D eigenvalue weighted by Gasteiger charge is -2.27. The predicted octanol–water partition coefficient (Wildman–Crippen LogP) is 5.42. The van der Waals surface area contributed by atoms with Crippen LogP contribution in [-0.4, -0.2) is 29.4 Å². The molecular weight excluding hydrogens is 380 g/mol. The van der Waals surface area contributed by atoms with E-state index in [9.17, 15) is 4.79 Å². The molecule has 1 atom stereocenters. The Morgan fingerprint density at radius 2 is 1.90 bits per heavy atom. The maximum atomic E-state index is 13.0. The number of likely N-dealkylation sites (N-methyl/N-ethyl adjacent to an activating group) is 1. The number of aromatic amines is 1. The third kappa shape index (κ3) is 4.05. The van der Waals surface area contributed by atoms with Crippen LogP contribution in [0.15, 0.2) is 72.2 Å². The molecule has 2 aromatic heterocycles. The number of amides is 1. The second-order valence-electron chi connectivity index (χ2n) is 7.00. The van der Waals surface area contributed by atoms with E-state index in [1.54, 1.807) is 16.2 Å². The molecule has 0 bridgehead atoms. The van der Waals surface area contributed by atoms with Gasteiger partial charge in [-0.1, -0.05) is 43.3 Å². The number of hydrogen-bond donors (Lipinski definition) is 1. The van der Waals surface area contributed by atoms with Crippen molar-refractivity contribution in [2.45, 2.75) is 19.4 Å². The molecule has 0 aliphatic heterocycles. The SMILES string of the molecule is CCc1ccc(OCC(=O)N(C)C(c2cccs2)c2c[nH]c3ccccc23)cc1. The molecule has 0 saturated heterocycles. The van der Waals surface area contributed by atoms with Crippen LogP contribution in [0, 0.1) is 0 Å². The summed E-state index contributed by atoms with van der Waals surface area (Å²) in [5, 5.41) is 3.17. The van der Waals surface area contributed by atoms with Gasteiger partial charge in [0.2, 0.25) is 0 Å². The van der Waals surface area contributed by atoms with Gasteiger partial charge in [0.25, 0.3) is 5.91 Å². The van der Waals surface area contributed by atoms with Crippen LogP contribution < -0.4 is 4.74 Å². The number of nitrogens with zero attached hydrogens (tertiary/aromatic N) is 1. The lowest BCUT2D eigenvalue weighted by Crippen LogP contribution is -2.35. The van der Waals surface area contributed by atoms with Crippen LogP contribution in [0.2, 0.25) is 0 Å². The van der Waals surface area contributed by atoms with Crippen molar-refractivity contribution in [3.05, 3.63) is 88.2 Å². The minimum Gasteiger partial charge on any atom is -0.484 e. The molecule has 0 saturated carbocycles. The maximum absolute atomic E-state index is 13.0. The van der Waals surface area contributed by atoms with E-state index in [0.717, 1.165) is 27.8 Å². The molecule has 0 aliphatic carbocycles. The van der Waals surface area contributed by atoms with Gasteiger partial charge in [-0.05, 0) is 41.6 Å². The summed E-state index contributed by atoms with van der Waals surface area (Å²) >= 11 is 1.65. The molecule has 4 aromatic rings. The van der Waals surface area contributed by atoms with Gasteiger partial charge >= 0.3 is 0 Å². The Morgan fingerprint density at radius 1 is 1.10 bits per heavy atom. The molecule has 1 amide bonds. The standard InChI is InChI=1S/C24H24N2O2S/c1-3-17-10-12-18(13-11-17)28-16-23(27)26(2)24(22-9-6-14-29-22)20-15-25-21-8-5-4-7-19(20)21/h4-15,24-25H,3,16H2,1-2H3. The summed E-state index contributed by atoms with van der Waals surface area (Å²) in [5.41, 5.74) is 3.40. The van der Waals surface area contributed by atoms with Gasteiger partial charge in [-0.3, -0.25) is 4.79 Å². The Balaban J connectivity index is 1.56. The third-order valence-electron chi connectivity index (χ3n) is 5.20. The number of fused-ring (bicyclic) bond motifs is 1. The molecule has 0 fully saturated rings. The van der Waals surface area contributed by atoms with Crippen molar-refractivity contribution in [2.75, 3.05) is 13.7 Å². The van der Waals surface area contributed by atoms with Gasteiger partial charge in [0.05, 0.1) is 6.04 Å². The van der Waals surface area contributed by atoms with E-state index < -0.39 is 0 Å². The number of ether oxygens (including phenoxy) is 1. The summed E-state index contributed by atoms with van der Waals surface area (Å²) < 4.78 is 5.77. The first-order chi connectivity index (χ1) is 14.2. The number of hydrogen-bond acceptors (Lipinski definition) is 3. The quantitative estimate of drug-likeness (QED) is 0.447. The van der Waals surface area contributed by atoms with Crippen LogP contribution in [0.4, 0.5) is 0 Å². The highest BCUT2D eigenvalue weighted by Gasteiger charge is 2.27. The number of carbonyl (C=O) groups excluding carboxylic acids is 1. The first-order valence-corrected chi connectivity index (χ1v) is 10.6.